The molecule has 0 fully saturated rings. The number of carbonyl (C=O) groups is 1. The molecule has 0 spiro atoms. The van der Waals surface area contributed by atoms with Crippen LogP contribution in [0.2, 0.25) is 0 Å². The fourth-order valence-electron chi connectivity index (χ4n) is 1.30. The molecule has 0 unspecified atom stereocenters. The Morgan fingerprint density at radius 3 is 2.94 bits per heavy atom. The van der Waals surface area contributed by atoms with E-state index in [0.717, 1.165) is 9.35 Å². The second kappa shape index (κ2) is 5.29. The molecule has 1 amide bonds. The zero-order valence-electron chi connectivity index (χ0n) is 8.70. The molecule has 0 saturated carbocycles. The van der Waals surface area contributed by atoms with Crippen LogP contribution in [0.1, 0.15) is 15.2 Å². The van der Waals surface area contributed by atoms with Crippen molar-refractivity contribution >= 4 is 33.2 Å². The standard InChI is InChI=1S/C11H9BrN2O2S/c12-8-2-4-17-9(8)6-14-11(16)7-1-3-13-10(15)5-7/h1-5H,6H2,(H,13,15)(H,14,16). The fourth-order valence-corrected chi connectivity index (χ4v) is 2.73. The van der Waals surface area contributed by atoms with Crippen molar-refractivity contribution < 1.29 is 4.79 Å². The van der Waals surface area contributed by atoms with Crippen LogP contribution in [0, 0.1) is 0 Å². The number of amides is 1. The van der Waals surface area contributed by atoms with Crippen LogP contribution >= 0.6 is 27.3 Å². The van der Waals surface area contributed by atoms with Crippen LogP contribution in [0.25, 0.3) is 0 Å². The minimum Gasteiger partial charge on any atom is -0.347 e. The van der Waals surface area contributed by atoms with Crippen LogP contribution in [0.3, 0.4) is 0 Å². The molecule has 88 valence electrons. The highest BCUT2D eigenvalue weighted by Crippen LogP contribution is 2.22. The number of hydrogen-bond donors (Lipinski definition) is 2. The van der Waals surface area contributed by atoms with Crippen molar-refractivity contribution in [1.82, 2.24) is 10.3 Å². The molecule has 4 nitrogen and oxygen atoms in total. The van der Waals surface area contributed by atoms with Gasteiger partial charge in [-0.2, -0.15) is 0 Å². The number of rotatable bonds is 3. The van der Waals surface area contributed by atoms with Gasteiger partial charge in [0.2, 0.25) is 5.56 Å². The molecular formula is C11H9BrN2O2S. The van der Waals surface area contributed by atoms with E-state index in [1.807, 2.05) is 11.4 Å². The molecule has 2 aromatic rings. The van der Waals surface area contributed by atoms with E-state index in [1.165, 1.54) is 12.3 Å². The van der Waals surface area contributed by atoms with E-state index < -0.39 is 0 Å². The Labute approximate surface area is 110 Å². The van der Waals surface area contributed by atoms with Gasteiger partial charge in [0, 0.05) is 27.2 Å². The summed E-state index contributed by atoms with van der Waals surface area (Å²) >= 11 is 4.95. The Kier molecular flexibility index (Phi) is 3.75. The number of carbonyl (C=O) groups excluding carboxylic acids is 1. The third-order valence-electron chi connectivity index (χ3n) is 2.14. The van der Waals surface area contributed by atoms with Crippen molar-refractivity contribution in [1.29, 1.82) is 0 Å². The van der Waals surface area contributed by atoms with Crippen LogP contribution < -0.4 is 10.9 Å². The average Bonchev–Trinajstić information content (AvgIpc) is 2.72. The van der Waals surface area contributed by atoms with Crippen molar-refractivity contribution in [3.8, 4) is 0 Å². The van der Waals surface area contributed by atoms with Gasteiger partial charge >= 0.3 is 0 Å². The van der Waals surface area contributed by atoms with Gasteiger partial charge in [0.25, 0.3) is 5.91 Å². The van der Waals surface area contributed by atoms with Crippen molar-refractivity contribution in [3.63, 3.8) is 0 Å². The minimum atomic E-state index is -0.282. The lowest BCUT2D eigenvalue weighted by atomic mass is 10.2. The quantitative estimate of drug-likeness (QED) is 0.912. The second-order valence-electron chi connectivity index (χ2n) is 3.32. The number of aromatic amines is 1. The lowest BCUT2D eigenvalue weighted by molar-refractivity contribution is 0.0951. The molecule has 2 heterocycles. The fraction of sp³-hybridized carbons (Fsp3) is 0.0909. The summed E-state index contributed by atoms with van der Waals surface area (Å²) < 4.78 is 0.980. The highest BCUT2D eigenvalue weighted by molar-refractivity contribution is 9.10. The van der Waals surface area contributed by atoms with Gasteiger partial charge in [-0.1, -0.05) is 0 Å². The SMILES string of the molecule is O=C(NCc1sccc1Br)c1cc[nH]c(=O)c1. The highest BCUT2D eigenvalue weighted by Gasteiger charge is 2.07. The van der Waals surface area contributed by atoms with Crippen LogP contribution in [0.4, 0.5) is 0 Å². The molecule has 0 saturated heterocycles. The summed E-state index contributed by atoms with van der Waals surface area (Å²) in [5.41, 5.74) is 0.0800. The first kappa shape index (κ1) is 12.1. The first-order valence-electron chi connectivity index (χ1n) is 4.85. The van der Waals surface area contributed by atoms with E-state index >= 15 is 0 Å². The zero-order valence-corrected chi connectivity index (χ0v) is 11.1. The number of aromatic nitrogens is 1. The molecule has 6 heteroatoms. The third kappa shape index (κ3) is 3.04. The molecule has 0 aliphatic rings. The van der Waals surface area contributed by atoms with Gasteiger partial charge in [-0.3, -0.25) is 9.59 Å². The maximum absolute atomic E-state index is 11.7. The molecule has 0 aromatic carbocycles. The zero-order chi connectivity index (χ0) is 12.3. The normalized spacial score (nSPS) is 10.2. The molecular weight excluding hydrogens is 304 g/mol. The highest BCUT2D eigenvalue weighted by atomic mass is 79.9. The van der Waals surface area contributed by atoms with Gasteiger partial charge in [0.05, 0.1) is 6.54 Å². The predicted octanol–water partition coefficient (Wildman–Crippen LogP) is 2.13. The Bertz CT molecular complexity index is 591. The molecule has 0 radical (unpaired) electrons. The van der Waals surface area contributed by atoms with Gasteiger partial charge in [0.1, 0.15) is 0 Å². The van der Waals surface area contributed by atoms with E-state index in [0.29, 0.717) is 12.1 Å². The van der Waals surface area contributed by atoms with Crippen LogP contribution in [0.15, 0.2) is 39.0 Å². The topological polar surface area (TPSA) is 62.0 Å². The van der Waals surface area contributed by atoms with E-state index in [1.54, 1.807) is 17.4 Å². The van der Waals surface area contributed by atoms with E-state index in [-0.39, 0.29) is 11.5 Å². The smallest absolute Gasteiger partial charge is 0.251 e. The Morgan fingerprint density at radius 2 is 2.29 bits per heavy atom. The third-order valence-corrected chi connectivity index (χ3v) is 4.06. The summed E-state index contributed by atoms with van der Waals surface area (Å²) in [4.78, 5) is 26.3. The summed E-state index contributed by atoms with van der Waals surface area (Å²) in [5, 5.41) is 4.70. The Morgan fingerprint density at radius 1 is 1.47 bits per heavy atom. The lowest BCUT2D eigenvalue weighted by Crippen LogP contribution is -2.23. The number of halogens is 1. The van der Waals surface area contributed by atoms with Crippen molar-refractivity contribution in [3.05, 3.63) is 55.0 Å². The maximum Gasteiger partial charge on any atom is 0.251 e. The van der Waals surface area contributed by atoms with Crippen molar-refractivity contribution in [2.45, 2.75) is 6.54 Å². The molecule has 17 heavy (non-hydrogen) atoms. The van der Waals surface area contributed by atoms with E-state index in [4.69, 9.17) is 0 Å². The number of H-pyrrole nitrogens is 1. The monoisotopic (exact) mass is 312 g/mol. The number of pyridine rings is 1. The predicted molar refractivity (Wildman–Crippen MR) is 70.3 cm³/mol. The summed E-state index contributed by atoms with van der Waals surface area (Å²) in [6, 6.07) is 4.78. The van der Waals surface area contributed by atoms with Gasteiger partial charge in [0.15, 0.2) is 0 Å². The van der Waals surface area contributed by atoms with Gasteiger partial charge < -0.3 is 10.3 Å². The summed E-state index contributed by atoms with van der Waals surface area (Å²) in [6.45, 7) is 0.448. The first-order valence-corrected chi connectivity index (χ1v) is 6.53. The molecule has 2 N–H and O–H groups in total. The summed E-state index contributed by atoms with van der Waals surface area (Å²) in [6.07, 6.45) is 1.46. The molecule has 2 rings (SSSR count). The second-order valence-corrected chi connectivity index (χ2v) is 5.17. The van der Waals surface area contributed by atoms with Gasteiger partial charge in [-0.15, -0.1) is 11.3 Å². The molecule has 2 aromatic heterocycles. The van der Waals surface area contributed by atoms with Gasteiger partial charge in [-0.05, 0) is 33.4 Å². The first-order chi connectivity index (χ1) is 8.16. The summed E-state index contributed by atoms with van der Waals surface area (Å²) in [5.74, 6) is -0.253. The molecule has 0 atom stereocenters. The van der Waals surface area contributed by atoms with E-state index in [9.17, 15) is 9.59 Å². The van der Waals surface area contributed by atoms with Crippen LogP contribution in [-0.2, 0) is 6.54 Å². The van der Waals surface area contributed by atoms with Crippen LogP contribution in [0.5, 0.6) is 0 Å². The summed E-state index contributed by atoms with van der Waals surface area (Å²) in [7, 11) is 0. The number of hydrogen-bond acceptors (Lipinski definition) is 3. The van der Waals surface area contributed by atoms with Crippen molar-refractivity contribution in [2.24, 2.45) is 0 Å². The minimum absolute atomic E-state index is 0.253. The molecule has 0 aliphatic heterocycles. The molecule has 0 bridgehead atoms. The van der Waals surface area contributed by atoms with Crippen molar-refractivity contribution in [2.75, 3.05) is 0 Å². The number of thiophene rings is 1. The maximum atomic E-state index is 11.7. The average molecular weight is 313 g/mol. The number of nitrogens with one attached hydrogen (secondary N) is 2. The van der Waals surface area contributed by atoms with Gasteiger partial charge in [-0.25, -0.2) is 0 Å². The van der Waals surface area contributed by atoms with Crippen LogP contribution in [-0.4, -0.2) is 10.9 Å². The Balaban J connectivity index is 2.03. The van der Waals surface area contributed by atoms with E-state index in [2.05, 4.69) is 26.2 Å². The molecule has 0 aliphatic carbocycles. The Hall–Kier alpha value is -1.40. The lowest BCUT2D eigenvalue weighted by Gasteiger charge is -2.03. The largest absolute Gasteiger partial charge is 0.347 e.